The van der Waals surface area contributed by atoms with Gasteiger partial charge in [0.15, 0.2) is 0 Å². The van der Waals surface area contributed by atoms with E-state index in [9.17, 15) is 0 Å². The molecule has 0 saturated carbocycles. The van der Waals surface area contributed by atoms with Gasteiger partial charge in [0.25, 0.3) is 0 Å². The fraction of sp³-hybridized carbons (Fsp3) is 1.00. The quantitative estimate of drug-likeness (QED) is 0.657. The standard InChI is InChI=1S/C11H23NO2/c1-11-10-14-9-7-12(11)6-4-2-3-5-8-13/h11,13H,2-10H2,1H3. The molecule has 1 aliphatic heterocycles. The van der Waals surface area contributed by atoms with Crippen LogP contribution >= 0.6 is 0 Å². The van der Waals surface area contributed by atoms with E-state index in [4.69, 9.17) is 9.84 Å². The Labute approximate surface area is 87.1 Å². The van der Waals surface area contributed by atoms with Crippen LogP contribution in [0.4, 0.5) is 0 Å². The fourth-order valence-electron chi connectivity index (χ4n) is 1.87. The zero-order valence-corrected chi connectivity index (χ0v) is 9.24. The van der Waals surface area contributed by atoms with E-state index >= 15 is 0 Å². The zero-order valence-electron chi connectivity index (χ0n) is 9.24. The van der Waals surface area contributed by atoms with Gasteiger partial charge in [0.2, 0.25) is 0 Å². The van der Waals surface area contributed by atoms with Crippen molar-refractivity contribution in [1.29, 1.82) is 0 Å². The number of aliphatic hydroxyl groups is 1. The van der Waals surface area contributed by atoms with Crippen LogP contribution in [0.2, 0.25) is 0 Å². The van der Waals surface area contributed by atoms with Crippen molar-refractivity contribution in [3.8, 4) is 0 Å². The summed E-state index contributed by atoms with van der Waals surface area (Å²) in [4.78, 5) is 2.50. The topological polar surface area (TPSA) is 32.7 Å². The summed E-state index contributed by atoms with van der Waals surface area (Å²) in [6, 6.07) is 0.585. The molecule has 0 aromatic heterocycles. The third-order valence-electron chi connectivity index (χ3n) is 2.86. The lowest BCUT2D eigenvalue weighted by Gasteiger charge is -2.33. The smallest absolute Gasteiger partial charge is 0.0619 e. The molecule has 1 atom stereocenters. The summed E-state index contributed by atoms with van der Waals surface area (Å²) < 4.78 is 5.38. The van der Waals surface area contributed by atoms with Crippen molar-refractivity contribution in [2.24, 2.45) is 0 Å². The van der Waals surface area contributed by atoms with Gasteiger partial charge in [-0.3, -0.25) is 4.90 Å². The maximum absolute atomic E-state index is 8.63. The van der Waals surface area contributed by atoms with Crippen molar-refractivity contribution < 1.29 is 9.84 Å². The summed E-state index contributed by atoms with van der Waals surface area (Å²) in [5, 5.41) is 8.63. The predicted octanol–water partition coefficient (Wildman–Crippen LogP) is 1.26. The first kappa shape index (κ1) is 12.0. The van der Waals surface area contributed by atoms with Crippen LogP contribution in [0.1, 0.15) is 32.6 Å². The van der Waals surface area contributed by atoms with Crippen molar-refractivity contribution >= 4 is 0 Å². The lowest BCUT2D eigenvalue weighted by molar-refractivity contribution is -0.000940. The normalized spacial score (nSPS) is 24.0. The highest BCUT2D eigenvalue weighted by Gasteiger charge is 2.17. The molecule has 1 N–H and O–H groups in total. The average Bonchev–Trinajstić information content (AvgIpc) is 2.20. The molecule has 3 nitrogen and oxygen atoms in total. The van der Waals surface area contributed by atoms with E-state index in [-0.39, 0.29) is 0 Å². The lowest BCUT2D eigenvalue weighted by Crippen LogP contribution is -2.43. The number of hydrogen-bond donors (Lipinski definition) is 1. The molecule has 3 heteroatoms. The van der Waals surface area contributed by atoms with Gasteiger partial charge in [0.1, 0.15) is 0 Å². The Morgan fingerprint density at radius 3 is 2.79 bits per heavy atom. The Morgan fingerprint density at radius 1 is 1.29 bits per heavy atom. The number of rotatable bonds is 6. The molecule has 14 heavy (non-hydrogen) atoms. The molecule has 0 aliphatic carbocycles. The molecule has 0 amide bonds. The summed E-state index contributed by atoms with van der Waals surface area (Å²) in [5.74, 6) is 0. The highest BCUT2D eigenvalue weighted by molar-refractivity contribution is 4.70. The number of hydrogen-bond acceptors (Lipinski definition) is 3. The third kappa shape index (κ3) is 4.40. The Balaban J connectivity index is 1.99. The summed E-state index contributed by atoms with van der Waals surface area (Å²) >= 11 is 0. The number of unbranched alkanes of at least 4 members (excludes halogenated alkanes) is 3. The van der Waals surface area contributed by atoms with Gasteiger partial charge < -0.3 is 9.84 Å². The molecule has 1 saturated heterocycles. The lowest BCUT2D eigenvalue weighted by atomic mass is 10.1. The van der Waals surface area contributed by atoms with Crippen LogP contribution in [-0.4, -0.2) is 49.0 Å². The largest absolute Gasteiger partial charge is 0.396 e. The SMILES string of the molecule is CC1COCCN1CCCCCCO. The summed E-state index contributed by atoms with van der Waals surface area (Å²) in [7, 11) is 0. The minimum absolute atomic E-state index is 0.341. The van der Waals surface area contributed by atoms with E-state index in [1.165, 1.54) is 19.4 Å². The molecule has 0 bridgehead atoms. The maximum Gasteiger partial charge on any atom is 0.0619 e. The molecule has 1 unspecified atom stereocenters. The minimum atomic E-state index is 0.341. The second kappa shape index (κ2) is 7.21. The maximum atomic E-state index is 8.63. The van der Waals surface area contributed by atoms with Gasteiger partial charge in [-0.1, -0.05) is 12.8 Å². The van der Waals surface area contributed by atoms with Crippen LogP contribution in [0.15, 0.2) is 0 Å². The van der Waals surface area contributed by atoms with Crippen LogP contribution in [-0.2, 0) is 4.74 Å². The molecule has 1 rings (SSSR count). The van der Waals surface area contributed by atoms with Crippen LogP contribution in [0.5, 0.6) is 0 Å². The molecular weight excluding hydrogens is 178 g/mol. The fourth-order valence-corrected chi connectivity index (χ4v) is 1.87. The monoisotopic (exact) mass is 201 g/mol. The predicted molar refractivity (Wildman–Crippen MR) is 57.4 cm³/mol. The first-order valence-electron chi connectivity index (χ1n) is 5.77. The second-order valence-corrected chi connectivity index (χ2v) is 4.10. The van der Waals surface area contributed by atoms with Gasteiger partial charge in [0.05, 0.1) is 13.2 Å². The third-order valence-corrected chi connectivity index (χ3v) is 2.86. The number of aliphatic hydroxyl groups excluding tert-OH is 1. The molecule has 1 fully saturated rings. The van der Waals surface area contributed by atoms with Crippen molar-refractivity contribution in [3.63, 3.8) is 0 Å². The zero-order chi connectivity index (χ0) is 10.2. The summed E-state index contributed by atoms with van der Waals surface area (Å²) in [6.07, 6.45) is 4.61. The van der Waals surface area contributed by atoms with E-state index in [1.54, 1.807) is 0 Å². The van der Waals surface area contributed by atoms with Crippen molar-refractivity contribution in [2.75, 3.05) is 32.9 Å². The Bertz CT molecular complexity index is 141. The molecule has 1 aliphatic rings. The van der Waals surface area contributed by atoms with Gasteiger partial charge in [-0.15, -0.1) is 0 Å². The number of morpholine rings is 1. The van der Waals surface area contributed by atoms with E-state index in [0.29, 0.717) is 12.6 Å². The molecular formula is C11H23NO2. The molecule has 0 aromatic rings. The van der Waals surface area contributed by atoms with Crippen LogP contribution in [0, 0.1) is 0 Å². The highest BCUT2D eigenvalue weighted by Crippen LogP contribution is 2.08. The Kier molecular flexibility index (Phi) is 6.15. The summed E-state index contributed by atoms with van der Waals surface area (Å²) in [6.45, 7) is 6.62. The molecule has 1 heterocycles. The minimum Gasteiger partial charge on any atom is -0.396 e. The molecule has 0 spiro atoms. The van der Waals surface area contributed by atoms with E-state index < -0.39 is 0 Å². The van der Waals surface area contributed by atoms with Crippen LogP contribution in [0.3, 0.4) is 0 Å². The number of nitrogens with zero attached hydrogens (tertiary/aromatic N) is 1. The Morgan fingerprint density at radius 2 is 2.07 bits per heavy atom. The van der Waals surface area contributed by atoms with Crippen molar-refractivity contribution in [1.82, 2.24) is 4.90 Å². The van der Waals surface area contributed by atoms with Gasteiger partial charge in [-0.2, -0.15) is 0 Å². The highest BCUT2D eigenvalue weighted by atomic mass is 16.5. The van der Waals surface area contributed by atoms with Gasteiger partial charge >= 0.3 is 0 Å². The molecule has 84 valence electrons. The van der Waals surface area contributed by atoms with Crippen LogP contribution < -0.4 is 0 Å². The molecule has 0 radical (unpaired) electrons. The summed E-state index contributed by atoms with van der Waals surface area (Å²) in [5.41, 5.74) is 0. The van der Waals surface area contributed by atoms with E-state index in [1.807, 2.05) is 0 Å². The van der Waals surface area contributed by atoms with Crippen LogP contribution in [0.25, 0.3) is 0 Å². The van der Waals surface area contributed by atoms with E-state index in [2.05, 4.69) is 11.8 Å². The van der Waals surface area contributed by atoms with Gasteiger partial charge in [-0.25, -0.2) is 0 Å². The number of ether oxygens (including phenoxy) is 1. The van der Waals surface area contributed by atoms with Crippen molar-refractivity contribution in [2.45, 2.75) is 38.6 Å². The van der Waals surface area contributed by atoms with Crippen molar-refractivity contribution in [3.05, 3.63) is 0 Å². The first-order valence-corrected chi connectivity index (χ1v) is 5.77. The average molecular weight is 201 g/mol. The Hall–Kier alpha value is -0.120. The van der Waals surface area contributed by atoms with Gasteiger partial charge in [0, 0.05) is 19.2 Å². The molecule has 0 aromatic carbocycles. The van der Waals surface area contributed by atoms with E-state index in [0.717, 1.165) is 32.6 Å². The second-order valence-electron chi connectivity index (χ2n) is 4.10. The van der Waals surface area contributed by atoms with Gasteiger partial charge in [-0.05, 0) is 26.3 Å². The first-order chi connectivity index (χ1) is 6.84.